The van der Waals surface area contributed by atoms with Crippen molar-refractivity contribution in [2.24, 2.45) is 0 Å². The van der Waals surface area contributed by atoms with Crippen LogP contribution in [0.2, 0.25) is 0 Å². The van der Waals surface area contributed by atoms with Crippen LogP contribution >= 0.6 is 0 Å². The number of phenols is 2. The Morgan fingerprint density at radius 3 is 1.90 bits per heavy atom. The molecule has 5 nitrogen and oxygen atoms in total. The van der Waals surface area contributed by atoms with Gasteiger partial charge in [-0.05, 0) is 36.4 Å². The number of fused-ring (bicyclic) bond motifs is 3. The molecule has 31 heavy (non-hydrogen) atoms. The second kappa shape index (κ2) is 6.95. The van der Waals surface area contributed by atoms with E-state index in [2.05, 4.69) is 6.07 Å². The molecule has 1 aromatic heterocycles. The van der Waals surface area contributed by atoms with Gasteiger partial charge in [-0.1, -0.05) is 42.5 Å². The van der Waals surface area contributed by atoms with Gasteiger partial charge in [0.2, 0.25) is 0 Å². The SMILES string of the molecule is N#Cc1cc(O)c(-c2c(O)cccc2-n2c3ccccc3c3ccccc32)c(C#N)c1. The van der Waals surface area contributed by atoms with Gasteiger partial charge in [0.15, 0.2) is 0 Å². The maximum atomic E-state index is 10.9. The van der Waals surface area contributed by atoms with Gasteiger partial charge in [-0.3, -0.25) is 0 Å². The lowest BCUT2D eigenvalue weighted by molar-refractivity contribution is 0.468. The third-order valence-corrected chi connectivity index (χ3v) is 5.46. The zero-order valence-corrected chi connectivity index (χ0v) is 16.2. The third kappa shape index (κ3) is 2.69. The molecule has 5 heteroatoms. The first kappa shape index (κ1) is 18.3. The molecular formula is C26H15N3O2. The lowest BCUT2D eigenvalue weighted by Gasteiger charge is -2.17. The van der Waals surface area contributed by atoms with Gasteiger partial charge in [0.25, 0.3) is 0 Å². The minimum absolute atomic E-state index is 0.0733. The van der Waals surface area contributed by atoms with Crippen LogP contribution in [0, 0.1) is 22.7 Å². The fourth-order valence-electron chi connectivity index (χ4n) is 4.20. The minimum Gasteiger partial charge on any atom is -0.507 e. The molecule has 0 saturated carbocycles. The summed E-state index contributed by atoms with van der Waals surface area (Å²) < 4.78 is 2.01. The highest BCUT2D eigenvalue weighted by Crippen LogP contribution is 2.44. The van der Waals surface area contributed by atoms with Crippen molar-refractivity contribution in [1.29, 1.82) is 10.5 Å². The Morgan fingerprint density at radius 2 is 1.29 bits per heavy atom. The van der Waals surface area contributed by atoms with Crippen LogP contribution in [0.15, 0.2) is 78.9 Å². The normalized spacial score (nSPS) is 10.8. The quantitative estimate of drug-likeness (QED) is 0.402. The van der Waals surface area contributed by atoms with E-state index in [4.69, 9.17) is 0 Å². The molecule has 1 heterocycles. The van der Waals surface area contributed by atoms with E-state index in [9.17, 15) is 20.7 Å². The number of hydrogen-bond donors (Lipinski definition) is 2. The van der Waals surface area contributed by atoms with Gasteiger partial charge >= 0.3 is 0 Å². The maximum Gasteiger partial charge on any atom is 0.126 e. The van der Waals surface area contributed by atoms with Crippen LogP contribution in [0.1, 0.15) is 11.1 Å². The number of phenolic OH excluding ortho intramolecular Hbond substituents is 2. The van der Waals surface area contributed by atoms with Crippen molar-refractivity contribution in [3.63, 3.8) is 0 Å². The first-order valence-corrected chi connectivity index (χ1v) is 9.62. The zero-order valence-electron chi connectivity index (χ0n) is 16.2. The molecule has 146 valence electrons. The molecule has 0 aliphatic carbocycles. The average Bonchev–Trinajstić information content (AvgIpc) is 3.13. The van der Waals surface area contributed by atoms with Crippen LogP contribution in [-0.2, 0) is 0 Å². The van der Waals surface area contributed by atoms with Gasteiger partial charge < -0.3 is 14.8 Å². The molecule has 5 rings (SSSR count). The maximum absolute atomic E-state index is 10.9. The Hall–Kier alpha value is -4.74. The molecule has 0 spiro atoms. The molecule has 0 bridgehead atoms. The van der Waals surface area contributed by atoms with Crippen molar-refractivity contribution in [2.45, 2.75) is 0 Å². The number of nitriles is 2. The van der Waals surface area contributed by atoms with E-state index in [1.807, 2.05) is 65.2 Å². The molecular weight excluding hydrogens is 386 g/mol. The fraction of sp³-hybridized carbons (Fsp3) is 0. The van der Waals surface area contributed by atoms with Crippen molar-refractivity contribution in [3.05, 3.63) is 90.0 Å². The van der Waals surface area contributed by atoms with Crippen LogP contribution in [0.4, 0.5) is 0 Å². The number of aromatic hydroxyl groups is 2. The largest absolute Gasteiger partial charge is 0.507 e. The van der Waals surface area contributed by atoms with E-state index in [-0.39, 0.29) is 28.2 Å². The molecule has 2 N–H and O–H groups in total. The molecule has 0 aliphatic heterocycles. The summed E-state index contributed by atoms with van der Waals surface area (Å²) in [5, 5.41) is 42.6. The average molecular weight is 401 g/mol. The van der Waals surface area contributed by atoms with E-state index in [1.165, 1.54) is 18.2 Å². The number of benzene rings is 4. The number of para-hydroxylation sites is 2. The van der Waals surface area contributed by atoms with E-state index in [1.54, 1.807) is 6.07 Å². The van der Waals surface area contributed by atoms with Crippen LogP contribution in [0.3, 0.4) is 0 Å². The minimum atomic E-state index is -0.237. The molecule has 0 aliphatic rings. The molecule has 4 aromatic carbocycles. The Balaban J connectivity index is 1.95. The first-order chi connectivity index (χ1) is 15.1. The van der Waals surface area contributed by atoms with Crippen LogP contribution in [-0.4, -0.2) is 14.8 Å². The number of aromatic nitrogens is 1. The van der Waals surface area contributed by atoms with Gasteiger partial charge in [-0.25, -0.2) is 0 Å². The van der Waals surface area contributed by atoms with Crippen LogP contribution < -0.4 is 0 Å². The summed E-state index contributed by atoms with van der Waals surface area (Å²) in [6.45, 7) is 0. The molecule has 0 atom stereocenters. The lowest BCUT2D eigenvalue weighted by Crippen LogP contribution is -1.99. The molecule has 0 saturated heterocycles. The van der Waals surface area contributed by atoms with Crippen molar-refractivity contribution in [1.82, 2.24) is 4.57 Å². The van der Waals surface area contributed by atoms with Crippen molar-refractivity contribution >= 4 is 21.8 Å². The summed E-state index contributed by atoms with van der Waals surface area (Å²) >= 11 is 0. The Kier molecular flexibility index (Phi) is 4.10. The van der Waals surface area contributed by atoms with E-state index in [0.29, 0.717) is 11.3 Å². The molecule has 0 radical (unpaired) electrons. The number of hydrogen-bond acceptors (Lipinski definition) is 4. The molecule has 0 fully saturated rings. The van der Waals surface area contributed by atoms with Gasteiger partial charge in [-0.15, -0.1) is 0 Å². The predicted octanol–water partition coefficient (Wildman–Crippen LogP) is 5.61. The van der Waals surface area contributed by atoms with Crippen LogP contribution in [0.5, 0.6) is 11.5 Å². The summed E-state index contributed by atoms with van der Waals surface area (Å²) in [5.74, 6) is -0.310. The number of rotatable bonds is 2. The summed E-state index contributed by atoms with van der Waals surface area (Å²) in [4.78, 5) is 0. The summed E-state index contributed by atoms with van der Waals surface area (Å²) in [5.41, 5.74) is 3.29. The van der Waals surface area contributed by atoms with Gasteiger partial charge in [0.1, 0.15) is 11.5 Å². The standard InChI is InChI=1S/C26H15N3O2/c27-14-16-12-17(15-28)25(24(31)13-16)26-22(10-5-11-23(26)30)29-20-8-3-1-6-18(20)19-7-2-4-9-21(19)29/h1-13,30-31H. The van der Waals surface area contributed by atoms with Crippen LogP contribution in [0.25, 0.3) is 38.6 Å². The van der Waals surface area contributed by atoms with Gasteiger partial charge in [0, 0.05) is 16.3 Å². The molecule has 0 unspecified atom stereocenters. The number of nitrogens with zero attached hydrogens (tertiary/aromatic N) is 3. The van der Waals surface area contributed by atoms with Crippen molar-refractivity contribution < 1.29 is 10.2 Å². The smallest absolute Gasteiger partial charge is 0.126 e. The fourth-order valence-corrected chi connectivity index (χ4v) is 4.20. The first-order valence-electron chi connectivity index (χ1n) is 9.62. The highest BCUT2D eigenvalue weighted by molar-refractivity contribution is 6.10. The second-order valence-corrected chi connectivity index (χ2v) is 7.18. The summed E-state index contributed by atoms with van der Waals surface area (Å²) in [6, 6.07) is 27.7. The Labute approximate surface area is 177 Å². The van der Waals surface area contributed by atoms with E-state index < -0.39 is 0 Å². The summed E-state index contributed by atoms with van der Waals surface area (Å²) in [6.07, 6.45) is 0. The second-order valence-electron chi connectivity index (χ2n) is 7.18. The van der Waals surface area contributed by atoms with E-state index >= 15 is 0 Å². The van der Waals surface area contributed by atoms with E-state index in [0.717, 1.165) is 21.8 Å². The third-order valence-electron chi connectivity index (χ3n) is 5.46. The Morgan fingerprint density at radius 1 is 0.645 bits per heavy atom. The topological polar surface area (TPSA) is 93.0 Å². The Bertz CT molecular complexity index is 1530. The highest BCUT2D eigenvalue weighted by Gasteiger charge is 2.22. The summed E-state index contributed by atoms with van der Waals surface area (Å²) in [7, 11) is 0. The molecule has 5 aromatic rings. The monoisotopic (exact) mass is 401 g/mol. The van der Waals surface area contributed by atoms with Gasteiger partial charge in [0.05, 0.1) is 45.5 Å². The zero-order chi connectivity index (χ0) is 21.5. The lowest BCUT2D eigenvalue weighted by atomic mass is 9.94. The molecule has 0 amide bonds. The van der Waals surface area contributed by atoms with Crippen molar-refractivity contribution in [3.8, 4) is 40.5 Å². The van der Waals surface area contributed by atoms with Crippen molar-refractivity contribution in [2.75, 3.05) is 0 Å². The highest BCUT2D eigenvalue weighted by atomic mass is 16.3. The predicted molar refractivity (Wildman–Crippen MR) is 119 cm³/mol. The van der Waals surface area contributed by atoms with Gasteiger partial charge in [-0.2, -0.15) is 10.5 Å².